The van der Waals surface area contributed by atoms with E-state index in [1.165, 1.54) is 23.5 Å². The lowest BCUT2D eigenvalue weighted by atomic mass is 10.2. The molecule has 31 heavy (non-hydrogen) atoms. The zero-order valence-corrected chi connectivity index (χ0v) is 18.4. The van der Waals surface area contributed by atoms with Crippen molar-refractivity contribution in [1.82, 2.24) is 4.98 Å². The first-order chi connectivity index (χ1) is 15.1. The summed E-state index contributed by atoms with van der Waals surface area (Å²) >= 11 is 13.7. The smallest absolute Gasteiger partial charge is 0.203 e. The topological polar surface area (TPSA) is 46.5 Å². The van der Waals surface area contributed by atoms with Gasteiger partial charge in [0.2, 0.25) is 5.13 Å². The van der Waals surface area contributed by atoms with E-state index in [1.54, 1.807) is 30.5 Å². The quantitative estimate of drug-likeness (QED) is 0.227. The molecule has 3 aromatic carbocycles. The van der Waals surface area contributed by atoms with Gasteiger partial charge in [0.1, 0.15) is 18.2 Å². The highest BCUT2D eigenvalue weighted by Gasteiger charge is 2.07. The maximum atomic E-state index is 13.2. The molecule has 1 aromatic heterocycles. The van der Waals surface area contributed by atoms with Gasteiger partial charge in [0.05, 0.1) is 16.9 Å². The highest BCUT2D eigenvalue weighted by molar-refractivity contribution is 7.14. The Morgan fingerprint density at radius 2 is 1.90 bits per heavy atom. The molecule has 0 fully saturated rings. The minimum atomic E-state index is -0.392. The first-order valence-electron chi connectivity index (χ1n) is 9.25. The van der Waals surface area contributed by atoms with Crippen molar-refractivity contribution < 1.29 is 9.13 Å². The molecule has 0 unspecified atom stereocenters. The fourth-order valence-electron chi connectivity index (χ4n) is 2.77. The molecule has 0 spiro atoms. The molecule has 0 atom stereocenters. The third kappa shape index (κ3) is 5.61. The first kappa shape index (κ1) is 21.3. The van der Waals surface area contributed by atoms with E-state index in [0.29, 0.717) is 32.1 Å². The Balaban J connectivity index is 1.45. The van der Waals surface area contributed by atoms with Crippen LogP contribution in [0.15, 0.2) is 77.2 Å². The van der Waals surface area contributed by atoms with E-state index >= 15 is 0 Å². The standard InChI is InChI=1S/C23H16Cl2FN3OS/c24-18-7-9-22(30-13-16-6-8-19(26)11-20(16)25)17(10-18)12-27-29-23-28-21(14-31-23)15-4-2-1-3-5-15/h1-12,14H,13H2,(H,28,29). The van der Waals surface area contributed by atoms with Gasteiger partial charge in [0.25, 0.3) is 0 Å². The average molecular weight is 472 g/mol. The number of nitrogens with one attached hydrogen (secondary N) is 1. The van der Waals surface area contributed by atoms with Gasteiger partial charge in [0, 0.05) is 27.1 Å². The summed E-state index contributed by atoms with van der Waals surface area (Å²) < 4.78 is 19.1. The molecule has 0 aliphatic heterocycles. The number of ether oxygens (including phenoxy) is 1. The van der Waals surface area contributed by atoms with Crippen LogP contribution in [0, 0.1) is 5.82 Å². The molecule has 1 heterocycles. The number of hydrogen-bond acceptors (Lipinski definition) is 5. The molecule has 8 heteroatoms. The van der Waals surface area contributed by atoms with E-state index in [4.69, 9.17) is 27.9 Å². The molecule has 1 N–H and O–H groups in total. The van der Waals surface area contributed by atoms with Crippen LogP contribution in [0.2, 0.25) is 10.0 Å². The van der Waals surface area contributed by atoms with Gasteiger partial charge in [-0.15, -0.1) is 11.3 Å². The average Bonchev–Trinajstić information content (AvgIpc) is 3.24. The normalized spacial score (nSPS) is 11.1. The third-order valence-electron chi connectivity index (χ3n) is 4.31. The van der Waals surface area contributed by atoms with Crippen LogP contribution in [-0.4, -0.2) is 11.2 Å². The predicted octanol–water partition coefficient (Wildman–Crippen LogP) is 7.28. The maximum absolute atomic E-state index is 13.2. The lowest BCUT2D eigenvalue weighted by Gasteiger charge is -2.10. The van der Waals surface area contributed by atoms with Crippen molar-refractivity contribution in [2.75, 3.05) is 5.43 Å². The highest BCUT2D eigenvalue weighted by atomic mass is 35.5. The molecule has 0 saturated heterocycles. The number of anilines is 1. The number of aromatic nitrogens is 1. The number of thiazole rings is 1. The van der Waals surface area contributed by atoms with Crippen molar-refractivity contribution in [1.29, 1.82) is 0 Å². The zero-order valence-electron chi connectivity index (χ0n) is 16.1. The lowest BCUT2D eigenvalue weighted by molar-refractivity contribution is 0.305. The molecule has 0 saturated carbocycles. The zero-order chi connectivity index (χ0) is 21.6. The summed E-state index contributed by atoms with van der Waals surface area (Å²) in [5, 5.41) is 7.75. The van der Waals surface area contributed by atoms with Crippen molar-refractivity contribution in [2.45, 2.75) is 6.61 Å². The number of hydrogen-bond donors (Lipinski definition) is 1. The van der Waals surface area contributed by atoms with Gasteiger partial charge in [-0.25, -0.2) is 9.37 Å². The van der Waals surface area contributed by atoms with Crippen LogP contribution in [0.4, 0.5) is 9.52 Å². The van der Waals surface area contributed by atoms with E-state index in [0.717, 1.165) is 11.3 Å². The second kappa shape index (κ2) is 9.92. The molecule has 0 amide bonds. The highest BCUT2D eigenvalue weighted by Crippen LogP contribution is 2.26. The van der Waals surface area contributed by atoms with E-state index in [9.17, 15) is 4.39 Å². The number of rotatable bonds is 7. The van der Waals surface area contributed by atoms with E-state index in [2.05, 4.69) is 15.5 Å². The Labute approximate surface area is 192 Å². The Morgan fingerprint density at radius 1 is 1.06 bits per heavy atom. The predicted molar refractivity (Wildman–Crippen MR) is 126 cm³/mol. The van der Waals surface area contributed by atoms with Crippen LogP contribution >= 0.6 is 34.5 Å². The fraction of sp³-hybridized carbons (Fsp3) is 0.0435. The fourth-order valence-corrected chi connectivity index (χ4v) is 3.84. The Kier molecular flexibility index (Phi) is 6.82. The molecule has 4 rings (SSSR count). The number of nitrogens with zero attached hydrogens (tertiary/aromatic N) is 2. The molecule has 4 nitrogen and oxygen atoms in total. The third-order valence-corrected chi connectivity index (χ3v) is 5.64. The summed E-state index contributed by atoms with van der Waals surface area (Å²) in [5.41, 5.74) is 6.21. The van der Waals surface area contributed by atoms with Crippen LogP contribution < -0.4 is 10.2 Å². The van der Waals surface area contributed by atoms with Crippen molar-refractivity contribution >= 4 is 45.9 Å². The van der Waals surface area contributed by atoms with Crippen LogP contribution in [0.3, 0.4) is 0 Å². The summed E-state index contributed by atoms with van der Waals surface area (Å²) in [4.78, 5) is 4.54. The maximum Gasteiger partial charge on any atom is 0.203 e. The van der Waals surface area contributed by atoms with Gasteiger partial charge in [-0.05, 0) is 30.3 Å². The van der Waals surface area contributed by atoms with Crippen molar-refractivity contribution in [3.8, 4) is 17.0 Å². The van der Waals surface area contributed by atoms with Crippen LogP contribution in [0.1, 0.15) is 11.1 Å². The SMILES string of the molecule is Fc1ccc(COc2ccc(Cl)cc2C=NNc2nc(-c3ccccc3)cs2)c(Cl)c1. The largest absolute Gasteiger partial charge is 0.488 e. The number of benzene rings is 3. The summed E-state index contributed by atoms with van der Waals surface area (Å²) in [6.45, 7) is 0.182. The molecule has 4 aromatic rings. The molecular weight excluding hydrogens is 456 g/mol. The van der Waals surface area contributed by atoms with Crippen LogP contribution in [-0.2, 0) is 6.61 Å². The molecule has 0 radical (unpaired) electrons. The van der Waals surface area contributed by atoms with Gasteiger partial charge in [-0.2, -0.15) is 5.10 Å². The lowest BCUT2D eigenvalue weighted by Crippen LogP contribution is -2.00. The van der Waals surface area contributed by atoms with Gasteiger partial charge >= 0.3 is 0 Å². The molecule has 0 aliphatic rings. The summed E-state index contributed by atoms with van der Waals surface area (Å²) in [6.07, 6.45) is 1.61. The van der Waals surface area contributed by atoms with Crippen molar-refractivity contribution in [2.24, 2.45) is 5.10 Å². The Morgan fingerprint density at radius 3 is 2.71 bits per heavy atom. The monoisotopic (exact) mass is 471 g/mol. The Hall–Kier alpha value is -2.93. The van der Waals surface area contributed by atoms with Crippen molar-refractivity contribution in [3.63, 3.8) is 0 Å². The van der Waals surface area contributed by atoms with Crippen molar-refractivity contribution in [3.05, 3.63) is 99.1 Å². The summed E-state index contributed by atoms with van der Waals surface area (Å²) in [7, 11) is 0. The van der Waals surface area contributed by atoms with Gasteiger partial charge < -0.3 is 4.74 Å². The summed E-state index contributed by atoms with van der Waals surface area (Å²) in [6, 6.07) is 19.3. The van der Waals surface area contributed by atoms with Crippen LogP contribution in [0.25, 0.3) is 11.3 Å². The minimum Gasteiger partial charge on any atom is -0.488 e. The van der Waals surface area contributed by atoms with E-state index in [1.807, 2.05) is 35.7 Å². The first-order valence-corrected chi connectivity index (χ1v) is 10.9. The van der Waals surface area contributed by atoms with Crippen LogP contribution in [0.5, 0.6) is 5.75 Å². The van der Waals surface area contributed by atoms with Gasteiger partial charge in [0.15, 0.2) is 0 Å². The second-order valence-electron chi connectivity index (χ2n) is 6.48. The number of hydrazone groups is 1. The Bertz CT molecular complexity index is 1210. The van der Waals surface area contributed by atoms with Gasteiger partial charge in [-0.3, -0.25) is 5.43 Å². The second-order valence-corrected chi connectivity index (χ2v) is 8.18. The molecular formula is C23H16Cl2FN3OS. The van der Waals surface area contributed by atoms with Gasteiger partial charge in [-0.1, -0.05) is 59.6 Å². The molecule has 156 valence electrons. The minimum absolute atomic E-state index is 0.182. The molecule has 0 bridgehead atoms. The van der Waals surface area contributed by atoms with E-state index < -0.39 is 5.82 Å². The van der Waals surface area contributed by atoms with E-state index in [-0.39, 0.29) is 6.61 Å². The molecule has 0 aliphatic carbocycles. The number of halogens is 3. The summed E-state index contributed by atoms with van der Waals surface area (Å²) in [5.74, 6) is 0.177.